The van der Waals surface area contributed by atoms with Gasteiger partial charge in [0.2, 0.25) is 5.91 Å². The minimum atomic E-state index is -0.902. The smallest absolute Gasteiger partial charge is 0.311 e. The Kier molecular flexibility index (Phi) is 6.93. The Morgan fingerprint density at radius 2 is 2.04 bits per heavy atom. The van der Waals surface area contributed by atoms with Crippen molar-refractivity contribution < 1.29 is 23.8 Å². The van der Waals surface area contributed by atoms with Crippen LogP contribution in [0.2, 0.25) is 0 Å². The van der Waals surface area contributed by atoms with Gasteiger partial charge in [0, 0.05) is 33.2 Å². The first-order valence-electron chi connectivity index (χ1n) is 8.71. The highest BCUT2D eigenvalue weighted by Gasteiger charge is 2.43. The first-order valence-corrected chi connectivity index (χ1v) is 8.71. The minimum absolute atomic E-state index is 0.00939. The summed E-state index contributed by atoms with van der Waals surface area (Å²) < 4.78 is 17.9. The molecule has 1 fully saturated rings. The van der Waals surface area contributed by atoms with E-state index in [0.29, 0.717) is 51.7 Å². The number of carbonyl (C=O) groups excluding carboxylic acids is 1. The van der Waals surface area contributed by atoms with Gasteiger partial charge in [-0.15, -0.1) is 0 Å². The number of piperidine rings is 1. The summed E-state index contributed by atoms with van der Waals surface area (Å²) in [6.45, 7) is 1.23. The molecule has 0 saturated carbocycles. The molecule has 1 amide bonds. The third kappa shape index (κ3) is 5.26. The van der Waals surface area contributed by atoms with Gasteiger partial charge in [0.1, 0.15) is 5.82 Å². The average Bonchev–Trinajstić information content (AvgIpc) is 2.61. The monoisotopic (exact) mass is 351 g/mol. The number of halogens is 1. The van der Waals surface area contributed by atoms with Crippen molar-refractivity contribution in [2.24, 2.45) is 5.41 Å². The number of likely N-dealkylation sites (tertiary alicyclic amines) is 1. The Hall–Kier alpha value is -1.95. The third-order valence-electron chi connectivity index (χ3n) is 4.94. The maximum absolute atomic E-state index is 12.9. The Bertz CT molecular complexity index is 590. The van der Waals surface area contributed by atoms with Crippen LogP contribution in [-0.2, 0) is 20.7 Å². The summed E-state index contributed by atoms with van der Waals surface area (Å²) in [7, 11) is 1.55. The molecule has 0 aliphatic carbocycles. The van der Waals surface area contributed by atoms with Crippen molar-refractivity contribution in [1.82, 2.24) is 4.90 Å². The molecule has 25 heavy (non-hydrogen) atoms. The Labute approximate surface area is 147 Å². The zero-order chi connectivity index (χ0) is 18.3. The molecule has 5 nitrogen and oxygen atoms in total. The van der Waals surface area contributed by atoms with Gasteiger partial charge in [-0.05, 0) is 49.8 Å². The fraction of sp³-hybridized carbons (Fsp3) is 0.579. The molecule has 1 aliphatic rings. The molecule has 0 radical (unpaired) electrons. The van der Waals surface area contributed by atoms with Crippen LogP contribution in [0.3, 0.4) is 0 Å². The number of nitrogens with zero attached hydrogens (tertiary/aromatic N) is 1. The topological polar surface area (TPSA) is 66.8 Å². The van der Waals surface area contributed by atoms with E-state index in [9.17, 15) is 19.1 Å². The Balaban J connectivity index is 1.87. The molecule has 0 unspecified atom stereocenters. The van der Waals surface area contributed by atoms with Gasteiger partial charge in [0.25, 0.3) is 0 Å². The molecule has 1 N–H and O–H groups in total. The molecule has 1 aliphatic heterocycles. The molecule has 1 aromatic carbocycles. The number of rotatable bonds is 8. The predicted octanol–water partition coefficient (Wildman–Crippen LogP) is 2.88. The van der Waals surface area contributed by atoms with Gasteiger partial charge in [-0.1, -0.05) is 12.1 Å². The maximum atomic E-state index is 12.9. The van der Waals surface area contributed by atoms with Crippen molar-refractivity contribution in [3.05, 3.63) is 35.6 Å². The first-order chi connectivity index (χ1) is 12.0. The summed E-state index contributed by atoms with van der Waals surface area (Å²) in [5, 5.41) is 9.64. The lowest BCUT2D eigenvalue weighted by atomic mass is 9.77. The summed E-state index contributed by atoms with van der Waals surface area (Å²) in [6.07, 6.45) is 3.42. The molecule has 6 heteroatoms. The van der Waals surface area contributed by atoms with E-state index in [1.165, 1.54) is 12.1 Å². The van der Waals surface area contributed by atoms with Crippen molar-refractivity contribution in [2.75, 3.05) is 26.8 Å². The fourth-order valence-electron chi connectivity index (χ4n) is 3.38. The van der Waals surface area contributed by atoms with Gasteiger partial charge >= 0.3 is 5.97 Å². The molecule has 0 bridgehead atoms. The van der Waals surface area contributed by atoms with E-state index in [4.69, 9.17) is 4.74 Å². The van der Waals surface area contributed by atoms with Gasteiger partial charge in [-0.3, -0.25) is 9.59 Å². The number of ether oxygens (including phenoxy) is 1. The quantitative estimate of drug-likeness (QED) is 0.782. The second-order valence-electron chi connectivity index (χ2n) is 6.73. The molecule has 0 spiro atoms. The van der Waals surface area contributed by atoms with Crippen LogP contribution in [0, 0.1) is 11.2 Å². The molecular weight excluding hydrogens is 325 g/mol. The highest BCUT2D eigenvalue weighted by Crippen LogP contribution is 2.34. The lowest BCUT2D eigenvalue weighted by Crippen LogP contribution is -2.50. The average molecular weight is 351 g/mol. The Morgan fingerprint density at radius 1 is 1.32 bits per heavy atom. The summed E-state index contributed by atoms with van der Waals surface area (Å²) in [5.41, 5.74) is 0.0914. The number of benzene rings is 1. The molecule has 1 aromatic rings. The van der Waals surface area contributed by atoms with Gasteiger partial charge in [0.05, 0.1) is 5.41 Å². The van der Waals surface area contributed by atoms with Crippen molar-refractivity contribution in [1.29, 1.82) is 0 Å². The lowest BCUT2D eigenvalue weighted by molar-refractivity contribution is -0.156. The van der Waals surface area contributed by atoms with E-state index >= 15 is 0 Å². The van der Waals surface area contributed by atoms with E-state index < -0.39 is 11.4 Å². The van der Waals surface area contributed by atoms with Crippen LogP contribution in [0.4, 0.5) is 4.39 Å². The lowest BCUT2D eigenvalue weighted by Gasteiger charge is -2.40. The summed E-state index contributed by atoms with van der Waals surface area (Å²) >= 11 is 0. The van der Waals surface area contributed by atoms with Crippen LogP contribution in [0.15, 0.2) is 24.3 Å². The van der Waals surface area contributed by atoms with E-state index in [1.807, 2.05) is 0 Å². The normalized spacial score (nSPS) is 20.5. The second-order valence-corrected chi connectivity index (χ2v) is 6.73. The van der Waals surface area contributed by atoms with E-state index in [0.717, 1.165) is 5.56 Å². The van der Waals surface area contributed by atoms with Crippen LogP contribution in [-0.4, -0.2) is 48.7 Å². The standard InChI is InChI=1S/C19H26FNO4/c1-25-13-11-19(18(23)24)10-3-12-21(14-19)17(22)5-2-4-15-6-8-16(20)9-7-15/h6-9H,2-5,10-14H2,1H3,(H,23,24)/t19-/m0/s1. The zero-order valence-electron chi connectivity index (χ0n) is 14.7. The zero-order valence-corrected chi connectivity index (χ0v) is 14.7. The molecule has 1 atom stereocenters. The highest BCUT2D eigenvalue weighted by molar-refractivity contribution is 5.79. The fourth-order valence-corrected chi connectivity index (χ4v) is 3.38. The summed E-state index contributed by atoms with van der Waals surface area (Å²) in [5.74, 6) is -1.13. The van der Waals surface area contributed by atoms with Gasteiger partial charge in [0.15, 0.2) is 0 Å². The molecular formula is C19H26FNO4. The van der Waals surface area contributed by atoms with Crippen LogP contribution in [0.1, 0.15) is 37.7 Å². The Morgan fingerprint density at radius 3 is 2.68 bits per heavy atom. The van der Waals surface area contributed by atoms with Gasteiger partial charge < -0.3 is 14.7 Å². The van der Waals surface area contributed by atoms with Crippen LogP contribution in [0.25, 0.3) is 0 Å². The number of carboxylic acids is 1. The molecule has 1 heterocycles. The summed E-state index contributed by atoms with van der Waals surface area (Å²) in [6, 6.07) is 6.28. The number of methoxy groups -OCH3 is 1. The number of aliphatic carboxylic acids is 1. The number of hydrogen-bond acceptors (Lipinski definition) is 3. The maximum Gasteiger partial charge on any atom is 0.311 e. The summed E-state index contributed by atoms with van der Waals surface area (Å²) in [4.78, 5) is 25.9. The number of hydrogen-bond donors (Lipinski definition) is 1. The van der Waals surface area contributed by atoms with Crippen molar-refractivity contribution in [3.63, 3.8) is 0 Å². The minimum Gasteiger partial charge on any atom is -0.481 e. The third-order valence-corrected chi connectivity index (χ3v) is 4.94. The van der Waals surface area contributed by atoms with Crippen LogP contribution in [0.5, 0.6) is 0 Å². The van der Waals surface area contributed by atoms with Gasteiger partial charge in [-0.2, -0.15) is 0 Å². The molecule has 138 valence electrons. The first kappa shape index (κ1) is 19.4. The number of carboxylic acid groups (broad SMARTS) is 1. The van der Waals surface area contributed by atoms with Crippen molar-refractivity contribution in [3.8, 4) is 0 Å². The van der Waals surface area contributed by atoms with E-state index in [1.54, 1.807) is 24.1 Å². The van der Waals surface area contributed by atoms with E-state index in [2.05, 4.69) is 0 Å². The van der Waals surface area contributed by atoms with Crippen LogP contribution < -0.4 is 0 Å². The molecule has 0 aromatic heterocycles. The van der Waals surface area contributed by atoms with Gasteiger partial charge in [-0.25, -0.2) is 4.39 Å². The molecule has 1 saturated heterocycles. The SMILES string of the molecule is COCC[C@@]1(C(=O)O)CCCN(C(=O)CCCc2ccc(F)cc2)C1. The van der Waals surface area contributed by atoms with Crippen LogP contribution >= 0.6 is 0 Å². The number of aryl methyl sites for hydroxylation is 1. The number of carbonyl (C=O) groups is 2. The van der Waals surface area contributed by atoms with E-state index in [-0.39, 0.29) is 18.3 Å². The van der Waals surface area contributed by atoms with Crippen molar-refractivity contribution in [2.45, 2.75) is 38.5 Å². The van der Waals surface area contributed by atoms with Crippen molar-refractivity contribution >= 4 is 11.9 Å². The largest absolute Gasteiger partial charge is 0.481 e. The molecule has 2 rings (SSSR count). The second kappa shape index (κ2) is 8.94. The predicted molar refractivity (Wildman–Crippen MR) is 91.7 cm³/mol. The highest BCUT2D eigenvalue weighted by atomic mass is 19.1. The number of amides is 1.